The smallest absolute Gasteiger partial charge is 0.257 e. The number of halogens is 2. The summed E-state index contributed by atoms with van der Waals surface area (Å²) in [6, 6.07) is 11.4. The molecule has 1 spiro atoms. The maximum Gasteiger partial charge on any atom is 0.257 e. The molecule has 38 heavy (non-hydrogen) atoms. The first-order chi connectivity index (χ1) is 18.3. The normalized spacial score (nSPS) is 22.6. The van der Waals surface area contributed by atoms with Gasteiger partial charge in [-0.15, -0.1) is 0 Å². The highest BCUT2D eigenvalue weighted by molar-refractivity contribution is 6.42. The molecule has 202 valence electrons. The van der Waals surface area contributed by atoms with Crippen LogP contribution in [0.25, 0.3) is 0 Å². The van der Waals surface area contributed by atoms with Crippen molar-refractivity contribution in [1.82, 2.24) is 15.1 Å². The second kappa shape index (κ2) is 11.2. The van der Waals surface area contributed by atoms with E-state index in [2.05, 4.69) is 5.32 Å². The predicted molar refractivity (Wildman–Crippen MR) is 143 cm³/mol. The molecule has 10 heteroatoms. The van der Waals surface area contributed by atoms with E-state index in [0.29, 0.717) is 60.3 Å². The maximum absolute atomic E-state index is 14.0. The predicted octanol–water partition coefficient (Wildman–Crippen LogP) is 4.07. The summed E-state index contributed by atoms with van der Waals surface area (Å²) in [4.78, 5) is 43.8. The molecule has 1 N–H and O–H groups in total. The molecule has 2 aromatic carbocycles. The Hall–Kier alpha value is -2.65. The fraction of sp³-hybridized carbons (Fsp3) is 0.464. The van der Waals surface area contributed by atoms with Gasteiger partial charge in [-0.05, 0) is 49.6 Å². The second-order valence-electron chi connectivity index (χ2n) is 10.1. The van der Waals surface area contributed by atoms with Crippen LogP contribution in [0, 0.1) is 6.92 Å². The minimum Gasteiger partial charge on any atom is -0.376 e. The average Bonchev–Trinajstić information content (AvgIpc) is 3.57. The number of likely N-dealkylation sites (tertiary alicyclic amines) is 1. The molecular formula is C28H31Cl2N3O5. The number of carbonyl (C=O) groups excluding carboxylic acids is 3. The molecule has 3 heterocycles. The highest BCUT2D eigenvalue weighted by Crippen LogP contribution is 2.39. The summed E-state index contributed by atoms with van der Waals surface area (Å²) in [5, 5.41) is 3.67. The third kappa shape index (κ3) is 5.27. The third-order valence-corrected chi connectivity index (χ3v) is 8.42. The number of benzene rings is 2. The number of nitrogens with one attached hydrogen (secondary N) is 1. The molecule has 0 unspecified atom stereocenters. The van der Waals surface area contributed by atoms with Crippen LogP contribution in [0.5, 0.6) is 0 Å². The lowest BCUT2D eigenvalue weighted by atomic mass is 9.95. The van der Waals surface area contributed by atoms with Crippen molar-refractivity contribution in [2.45, 2.75) is 50.5 Å². The Labute approximate surface area is 232 Å². The molecular weight excluding hydrogens is 529 g/mol. The molecule has 0 aromatic heterocycles. The molecule has 3 amide bonds. The summed E-state index contributed by atoms with van der Waals surface area (Å²) in [6.07, 6.45) is 2.64. The van der Waals surface area contributed by atoms with Gasteiger partial charge in [0, 0.05) is 50.2 Å². The lowest BCUT2D eigenvalue weighted by Gasteiger charge is -2.44. The minimum atomic E-state index is -0.986. The number of ether oxygens (including phenoxy) is 2. The zero-order chi connectivity index (χ0) is 26.9. The number of rotatable bonds is 5. The van der Waals surface area contributed by atoms with Crippen LogP contribution >= 0.6 is 23.2 Å². The van der Waals surface area contributed by atoms with Crippen LogP contribution in [0.2, 0.25) is 10.0 Å². The van der Waals surface area contributed by atoms with Crippen LogP contribution < -0.4 is 5.32 Å². The zero-order valence-electron chi connectivity index (χ0n) is 21.3. The molecule has 3 aliphatic rings. The topological polar surface area (TPSA) is 88.2 Å². The van der Waals surface area contributed by atoms with Gasteiger partial charge in [-0.1, -0.05) is 41.4 Å². The van der Waals surface area contributed by atoms with Crippen molar-refractivity contribution in [1.29, 1.82) is 0 Å². The van der Waals surface area contributed by atoms with E-state index in [1.165, 1.54) is 0 Å². The van der Waals surface area contributed by atoms with Crippen LogP contribution in [-0.2, 0) is 14.3 Å². The van der Waals surface area contributed by atoms with Gasteiger partial charge >= 0.3 is 0 Å². The van der Waals surface area contributed by atoms with Gasteiger partial charge in [-0.3, -0.25) is 19.3 Å². The van der Waals surface area contributed by atoms with Crippen molar-refractivity contribution >= 4 is 40.9 Å². The number of hydrogen-bond donors (Lipinski definition) is 1. The maximum atomic E-state index is 14.0. The van der Waals surface area contributed by atoms with Crippen molar-refractivity contribution in [3.8, 4) is 0 Å². The number of piperidine rings is 1. The Morgan fingerprint density at radius 1 is 1.05 bits per heavy atom. The van der Waals surface area contributed by atoms with Gasteiger partial charge < -0.3 is 19.7 Å². The van der Waals surface area contributed by atoms with Gasteiger partial charge in [-0.25, -0.2) is 0 Å². The van der Waals surface area contributed by atoms with Crippen molar-refractivity contribution in [3.63, 3.8) is 0 Å². The van der Waals surface area contributed by atoms with E-state index in [-0.39, 0.29) is 30.4 Å². The molecule has 3 aliphatic heterocycles. The van der Waals surface area contributed by atoms with E-state index in [9.17, 15) is 14.4 Å². The van der Waals surface area contributed by atoms with Gasteiger partial charge in [0.25, 0.3) is 11.8 Å². The van der Waals surface area contributed by atoms with E-state index in [0.717, 1.165) is 18.4 Å². The quantitative estimate of drug-likeness (QED) is 0.596. The van der Waals surface area contributed by atoms with E-state index >= 15 is 0 Å². The summed E-state index contributed by atoms with van der Waals surface area (Å²) in [6.45, 7) is 3.80. The molecule has 0 saturated carbocycles. The first-order valence-electron chi connectivity index (χ1n) is 13.0. The fourth-order valence-electron chi connectivity index (χ4n) is 5.52. The van der Waals surface area contributed by atoms with Crippen LogP contribution in [0.1, 0.15) is 52.0 Å². The van der Waals surface area contributed by atoms with E-state index < -0.39 is 11.8 Å². The van der Waals surface area contributed by atoms with Crippen molar-refractivity contribution in [3.05, 3.63) is 69.2 Å². The molecule has 8 nitrogen and oxygen atoms in total. The van der Waals surface area contributed by atoms with Crippen LogP contribution in [0.4, 0.5) is 0 Å². The molecule has 5 rings (SSSR count). The standard InChI is InChI=1S/C28H31Cl2N3O5/c1-18-5-2-3-7-21(18)27(36)33-24(25(34)31-16-20-6-4-14-37-20)17-38-28(33)10-12-32(13-11-28)26(35)19-8-9-22(29)23(30)15-19/h2-3,5,7-9,15,20,24H,4,6,10-14,16-17H2,1H3,(H,31,34)/t20-,24-/m1/s1. The Balaban J connectivity index is 1.35. The molecule has 3 fully saturated rings. The number of aryl methyl sites for hydroxylation is 1. The van der Waals surface area contributed by atoms with E-state index in [1.807, 2.05) is 25.1 Å². The number of carbonyl (C=O) groups is 3. The van der Waals surface area contributed by atoms with Gasteiger partial charge in [0.15, 0.2) is 0 Å². The number of amides is 3. The van der Waals surface area contributed by atoms with Gasteiger partial charge in [0.05, 0.1) is 22.8 Å². The lowest BCUT2D eigenvalue weighted by molar-refractivity contribution is -0.128. The highest BCUT2D eigenvalue weighted by atomic mass is 35.5. The lowest BCUT2D eigenvalue weighted by Crippen LogP contribution is -2.60. The first-order valence-corrected chi connectivity index (χ1v) is 13.7. The molecule has 0 aliphatic carbocycles. The fourth-order valence-corrected chi connectivity index (χ4v) is 5.82. The summed E-state index contributed by atoms with van der Waals surface area (Å²) in [5.74, 6) is -0.671. The van der Waals surface area contributed by atoms with Crippen molar-refractivity contribution in [2.75, 3.05) is 32.8 Å². The minimum absolute atomic E-state index is 0.00799. The van der Waals surface area contributed by atoms with Gasteiger partial charge in [0.2, 0.25) is 5.91 Å². The average molecular weight is 560 g/mol. The van der Waals surface area contributed by atoms with Gasteiger partial charge in [-0.2, -0.15) is 0 Å². The Morgan fingerprint density at radius 2 is 1.82 bits per heavy atom. The zero-order valence-corrected chi connectivity index (χ0v) is 22.8. The highest BCUT2D eigenvalue weighted by Gasteiger charge is 2.54. The Bertz CT molecular complexity index is 1220. The molecule has 0 bridgehead atoms. The number of nitrogens with zero attached hydrogens (tertiary/aromatic N) is 2. The molecule has 2 aromatic rings. The van der Waals surface area contributed by atoms with Crippen molar-refractivity contribution < 1.29 is 23.9 Å². The van der Waals surface area contributed by atoms with Gasteiger partial charge in [0.1, 0.15) is 11.8 Å². The SMILES string of the molecule is Cc1ccccc1C(=O)N1[C@@H](C(=O)NC[C@H]2CCCO2)COC12CCN(C(=O)c1ccc(Cl)c(Cl)c1)CC2. The largest absolute Gasteiger partial charge is 0.376 e. The van der Waals surface area contributed by atoms with Crippen molar-refractivity contribution in [2.24, 2.45) is 0 Å². The second-order valence-corrected chi connectivity index (χ2v) is 10.9. The third-order valence-electron chi connectivity index (χ3n) is 7.68. The molecule has 3 saturated heterocycles. The van der Waals surface area contributed by atoms with Crippen LogP contribution in [0.15, 0.2) is 42.5 Å². The number of hydrogen-bond acceptors (Lipinski definition) is 5. The summed E-state index contributed by atoms with van der Waals surface area (Å²) in [5.41, 5.74) is 0.815. The first kappa shape index (κ1) is 26.9. The van der Waals surface area contributed by atoms with E-state index in [1.54, 1.807) is 34.1 Å². The summed E-state index contributed by atoms with van der Waals surface area (Å²) < 4.78 is 11.9. The Morgan fingerprint density at radius 3 is 2.50 bits per heavy atom. The van der Waals surface area contributed by atoms with E-state index in [4.69, 9.17) is 32.7 Å². The monoisotopic (exact) mass is 559 g/mol. The summed E-state index contributed by atoms with van der Waals surface area (Å²) >= 11 is 12.1. The molecule has 2 atom stereocenters. The Kier molecular flexibility index (Phi) is 7.95. The van der Waals surface area contributed by atoms with Crippen LogP contribution in [-0.4, -0.2) is 78.2 Å². The van der Waals surface area contributed by atoms with Crippen LogP contribution in [0.3, 0.4) is 0 Å². The summed E-state index contributed by atoms with van der Waals surface area (Å²) in [7, 11) is 0. The molecule has 0 radical (unpaired) electrons.